The first kappa shape index (κ1) is 17.6. The molecule has 3 aliphatic rings. The van der Waals surface area contributed by atoms with Crippen LogP contribution in [0.5, 0.6) is 0 Å². The zero-order chi connectivity index (χ0) is 17.1. The summed E-state index contributed by atoms with van der Waals surface area (Å²) in [7, 11) is 0. The summed E-state index contributed by atoms with van der Waals surface area (Å²) in [6.45, 7) is 2.42. The molecule has 0 bridgehead atoms. The Labute approximate surface area is 155 Å². The topological polar surface area (TPSA) is 0 Å². The third-order valence-electron chi connectivity index (χ3n) is 7.61. The quantitative estimate of drug-likeness (QED) is 0.521. The van der Waals surface area contributed by atoms with Crippen LogP contribution < -0.4 is 0 Å². The van der Waals surface area contributed by atoms with E-state index in [9.17, 15) is 0 Å². The van der Waals surface area contributed by atoms with E-state index in [0.717, 1.165) is 17.8 Å². The highest BCUT2D eigenvalue weighted by Crippen LogP contribution is 2.47. The largest absolute Gasteiger partial charge is 0.0587 e. The molecule has 0 heterocycles. The minimum atomic E-state index is 0.869. The van der Waals surface area contributed by atoms with Gasteiger partial charge in [-0.1, -0.05) is 69.9 Å². The van der Waals surface area contributed by atoms with Gasteiger partial charge in [-0.3, -0.25) is 0 Å². The third-order valence-corrected chi connectivity index (χ3v) is 7.61. The Morgan fingerprint density at radius 3 is 1.48 bits per heavy atom. The molecule has 0 N–H and O–H groups in total. The number of benzene rings is 1. The lowest BCUT2D eigenvalue weighted by atomic mass is 9.70. The van der Waals surface area contributed by atoms with Crippen molar-refractivity contribution < 1.29 is 0 Å². The van der Waals surface area contributed by atoms with Gasteiger partial charge >= 0.3 is 0 Å². The summed E-state index contributed by atoms with van der Waals surface area (Å²) in [5, 5.41) is 0. The minimum absolute atomic E-state index is 0.869. The molecule has 0 aliphatic heterocycles. The van der Waals surface area contributed by atoms with Gasteiger partial charge < -0.3 is 0 Å². The highest BCUT2D eigenvalue weighted by atomic mass is 14.3. The molecule has 1 aromatic carbocycles. The third kappa shape index (κ3) is 3.83. The molecule has 3 saturated carbocycles. The Morgan fingerprint density at radius 2 is 0.960 bits per heavy atom. The van der Waals surface area contributed by atoms with Crippen molar-refractivity contribution in [3.63, 3.8) is 0 Å². The summed E-state index contributed by atoms with van der Waals surface area (Å²) in [5.74, 6) is 2.62. The van der Waals surface area contributed by atoms with E-state index in [4.69, 9.17) is 0 Å². The van der Waals surface area contributed by atoms with E-state index < -0.39 is 0 Å². The zero-order valence-corrected chi connectivity index (χ0v) is 16.5. The smallest absolute Gasteiger partial charge is 0.0156 e. The summed E-state index contributed by atoms with van der Waals surface area (Å²) in [6, 6.07) is 5.07. The van der Waals surface area contributed by atoms with Crippen LogP contribution in [0.25, 0.3) is 0 Å². The SMILES string of the molecule is Cc1ccc(C2CCCCC2)c(C2CCCCC2)c1C1CCCCC1. The summed E-state index contributed by atoms with van der Waals surface area (Å²) in [5.41, 5.74) is 7.15. The van der Waals surface area contributed by atoms with E-state index in [1.807, 2.05) is 11.1 Å². The van der Waals surface area contributed by atoms with Gasteiger partial charge in [0.15, 0.2) is 0 Å². The molecule has 3 aliphatic carbocycles. The second-order valence-corrected chi connectivity index (χ2v) is 9.30. The van der Waals surface area contributed by atoms with Crippen molar-refractivity contribution in [1.29, 1.82) is 0 Å². The van der Waals surface area contributed by atoms with E-state index in [0.29, 0.717) is 0 Å². The summed E-state index contributed by atoms with van der Waals surface area (Å²) < 4.78 is 0. The van der Waals surface area contributed by atoms with Gasteiger partial charge in [0.1, 0.15) is 0 Å². The summed E-state index contributed by atoms with van der Waals surface area (Å²) in [6.07, 6.45) is 21.9. The number of hydrogen-bond acceptors (Lipinski definition) is 0. The zero-order valence-electron chi connectivity index (χ0n) is 16.5. The molecule has 0 heteroatoms. The molecule has 0 saturated heterocycles. The number of rotatable bonds is 3. The molecular formula is C25H38. The molecule has 4 rings (SSSR count). The monoisotopic (exact) mass is 338 g/mol. The Balaban J connectivity index is 1.76. The number of hydrogen-bond donors (Lipinski definition) is 0. The van der Waals surface area contributed by atoms with Crippen LogP contribution in [0.4, 0.5) is 0 Å². The summed E-state index contributed by atoms with van der Waals surface area (Å²) >= 11 is 0. The fourth-order valence-electron chi connectivity index (χ4n) is 6.31. The molecule has 0 nitrogen and oxygen atoms in total. The lowest BCUT2D eigenvalue weighted by Crippen LogP contribution is -2.18. The molecule has 0 atom stereocenters. The van der Waals surface area contributed by atoms with E-state index in [-0.39, 0.29) is 0 Å². The first-order valence-electron chi connectivity index (χ1n) is 11.5. The fourth-order valence-corrected chi connectivity index (χ4v) is 6.31. The highest BCUT2D eigenvalue weighted by molar-refractivity contribution is 5.47. The van der Waals surface area contributed by atoms with Gasteiger partial charge in [0, 0.05) is 0 Å². The van der Waals surface area contributed by atoms with Crippen molar-refractivity contribution >= 4 is 0 Å². The van der Waals surface area contributed by atoms with Gasteiger partial charge in [0.05, 0.1) is 0 Å². The van der Waals surface area contributed by atoms with Crippen molar-refractivity contribution in [3.8, 4) is 0 Å². The normalized spacial score (nSPS) is 24.5. The lowest BCUT2D eigenvalue weighted by molar-refractivity contribution is 0.403. The molecule has 25 heavy (non-hydrogen) atoms. The predicted octanol–water partition coefficient (Wildman–Crippen LogP) is 8.14. The molecule has 138 valence electrons. The van der Waals surface area contributed by atoms with Gasteiger partial charge in [-0.05, 0) is 85.5 Å². The van der Waals surface area contributed by atoms with Crippen LogP contribution in [-0.4, -0.2) is 0 Å². The van der Waals surface area contributed by atoms with Crippen LogP contribution in [0, 0.1) is 6.92 Å². The molecule has 0 unspecified atom stereocenters. The van der Waals surface area contributed by atoms with Crippen LogP contribution in [0.2, 0.25) is 0 Å². The fraction of sp³-hybridized carbons (Fsp3) is 0.760. The van der Waals surface area contributed by atoms with Crippen molar-refractivity contribution in [2.24, 2.45) is 0 Å². The maximum Gasteiger partial charge on any atom is -0.0156 e. The van der Waals surface area contributed by atoms with E-state index in [1.165, 1.54) is 96.3 Å². The lowest BCUT2D eigenvalue weighted by Gasteiger charge is -2.35. The van der Waals surface area contributed by atoms with Gasteiger partial charge in [0.2, 0.25) is 0 Å². The summed E-state index contributed by atoms with van der Waals surface area (Å²) in [4.78, 5) is 0. The van der Waals surface area contributed by atoms with Crippen LogP contribution in [0.3, 0.4) is 0 Å². The molecule has 0 amide bonds. The molecular weight excluding hydrogens is 300 g/mol. The van der Waals surface area contributed by atoms with Gasteiger partial charge in [-0.2, -0.15) is 0 Å². The maximum absolute atomic E-state index is 2.57. The van der Waals surface area contributed by atoms with E-state index in [2.05, 4.69) is 19.1 Å². The average Bonchev–Trinajstić information content (AvgIpc) is 2.70. The Bertz CT molecular complexity index is 552. The predicted molar refractivity (Wildman–Crippen MR) is 109 cm³/mol. The second kappa shape index (κ2) is 8.28. The first-order chi connectivity index (χ1) is 12.3. The van der Waals surface area contributed by atoms with Crippen LogP contribution >= 0.6 is 0 Å². The highest BCUT2D eigenvalue weighted by Gasteiger charge is 2.30. The Hall–Kier alpha value is -0.780. The Morgan fingerprint density at radius 1 is 0.520 bits per heavy atom. The average molecular weight is 339 g/mol. The van der Waals surface area contributed by atoms with E-state index in [1.54, 1.807) is 11.1 Å². The first-order valence-corrected chi connectivity index (χ1v) is 11.5. The van der Waals surface area contributed by atoms with Crippen molar-refractivity contribution in [2.75, 3.05) is 0 Å². The second-order valence-electron chi connectivity index (χ2n) is 9.30. The molecule has 1 aromatic rings. The minimum Gasteiger partial charge on any atom is -0.0587 e. The molecule has 0 aromatic heterocycles. The van der Waals surface area contributed by atoms with Crippen molar-refractivity contribution in [3.05, 3.63) is 34.4 Å². The number of aryl methyl sites for hydroxylation is 1. The Kier molecular flexibility index (Phi) is 5.83. The standard InChI is InChI=1S/C25H38/c1-19-17-18-23(20-11-5-2-6-12-20)25(22-15-9-4-10-16-22)24(19)21-13-7-3-8-14-21/h17-18,20-22H,2-16H2,1H3. The van der Waals surface area contributed by atoms with E-state index >= 15 is 0 Å². The van der Waals surface area contributed by atoms with Gasteiger partial charge in [0.25, 0.3) is 0 Å². The van der Waals surface area contributed by atoms with Crippen molar-refractivity contribution in [1.82, 2.24) is 0 Å². The molecule has 0 spiro atoms. The van der Waals surface area contributed by atoms with Crippen LogP contribution in [0.15, 0.2) is 12.1 Å². The van der Waals surface area contributed by atoms with Gasteiger partial charge in [-0.25, -0.2) is 0 Å². The van der Waals surface area contributed by atoms with Crippen molar-refractivity contribution in [2.45, 2.75) is 121 Å². The van der Waals surface area contributed by atoms with Gasteiger partial charge in [-0.15, -0.1) is 0 Å². The van der Waals surface area contributed by atoms with Crippen LogP contribution in [0.1, 0.15) is 136 Å². The molecule has 0 radical (unpaired) electrons. The molecule has 3 fully saturated rings. The maximum atomic E-state index is 2.57. The van der Waals surface area contributed by atoms with Crippen LogP contribution in [-0.2, 0) is 0 Å².